The first-order chi connectivity index (χ1) is 6.59. The molecule has 1 rings (SSSR count). The normalized spacial score (nSPS) is 9.43. The van der Waals surface area contributed by atoms with Crippen molar-refractivity contribution in [2.24, 2.45) is 0 Å². The monoisotopic (exact) mass is 213 g/mol. The number of nitro benzene ring substituents is 1. The van der Waals surface area contributed by atoms with Gasteiger partial charge in [-0.25, -0.2) is 0 Å². The van der Waals surface area contributed by atoms with Crippen LogP contribution in [-0.2, 0) is 16.7 Å². The van der Waals surface area contributed by atoms with Crippen molar-refractivity contribution in [3.8, 4) is 0 Å². The lowest BCUT2D eigenvalue weighted by Gasteiger charge is -1.94. The lowest BCUT2D eigenvalue weighted by Crippen LogP contribution is -1.91. The first-order valence-corrected chi connectivity index (χ1v) is 4.88. The highest BCUT2D eigenvalue weighted by Crippen LogP contribution is 2.12. The molecule has 0 spiro atoms. The Bertz CT molecular complexity index is 470. The van der Waals surface area contributed by atoms with Crippen LogP contribution in [0.1, 0.15) is 5.56 Å². The fraction of sp³-hybridized carbons (Fsp3) is 0.125. The third kappa shape index (κ3) is 2.98. The van der Waals surface area contributed by atoms with Crippen molar-refractivity contribution < 1.29 is 13.3 Å². The van der Waals surface area contributed by atoms with Crippen molar-refractivity contribution in [1.82, 2.24) is 0 Å². The molecule has 0 N–H and O–H groups in total. The van der Waals surface area contributed by atoms with E-state index in [9.17, 15) is 18.5 Å². The van der Waals surface area contributed by atoms with E-state index in [1.807, 2.05) is 0 Å². The topological polar surface area (TPSA) is 77.3 Å². The number of nitrogens with zero attached hydrogens (tertiary/aromatic N) is 1. The van der Waals surface area contributed by atoms with Crippen molar-refractivity contribution in [2.75, 3.05) is 0 Å². The number of hydrogen-bond donors (Lipinski definition) is 0. The summed E-state index contributed by atoms with van der Waals surface area (Å²) in [5.74, 6) is 0. The van der Waals surface area contributed by atoms with Gasteiger partial charge in [-0.2, -0.15) is 8.42 Å². The number of rotatable bonds is 3. The van der Waals surface area contributed by atoms with E-state index in [1.165, 1.54) is 18.2 Å². The quantitative estimate of drug-likeness (QED) is 0.423. The van der Waals surface area contributed by atoms with Crippen molar-refractivity contribution in [3.05, 3.63) is 39.9 Å². The van der Waals surface area contributed by atoms with Gasteiger partial charge in [-0.3, -0.25) is 10.1 Å². The molecule has 0 fully saturated rings. The number of non-ortho nitro benzene ring substituents is 1. The van der Waals surface area contributed by atoms with Crippen molar-refractivity contribution in [1.29, 1.82) is 0 Å². The van der Waals surface area contributed by atoms with Gasteiger partial charge in [-0.05, 0) is 5.56 Å². The standard InChI is InChI=1S/C8H7NO4S/c10-9(11)8-3-1-2-7(6-8)4-5-14(12)13/h1-3,5-6H,4H2. The highest BCUT2D eigenvalue weighted by Gasteiger charge is 2.04. The summed E-state index contributed by atoms with van der Waals surface area (Å²) in [6.45, 7) is 0. The highest BCUT2D eigenvalue weighted by molar-refractivity contribution is 7.71. The summed E-state index contributed by atoms with van der Waals surface area (Å²) in [6, 6.07) is 5.87. The van der Waals surface area contributed by atoms with Crippen LogP contribution in [0, 0.1) is 10.1 Å². The molecular formula is C8H7NO4S. The van der Waals surface area contributed by atoms with Crippen LogP contribution in [0.4, 0.5) is 5.69 Å². The van der Waals surface area contributed by atoms with Gasteiger partial charge >= 0.3 is 0 Å². The summed E-state index contributed by atoms with van der Waals surface area (Å²) >= 11 is 0. The minimum absolute atomic E-state index is 0.0346. The van der Waals surface area contributed by atoms with Gasteiger partial charge in [0.15, 0.2) is 0 Å². The zero-order valence-electron chi connectivity index (χ0n) is 7.08. The van der Waals surface area contributed by atoms with Crippen molar-refractivity contribution in [3.63, 3.8) is 0 Å². The molecule has 0 aliphatic rings. The predicted molar refractivity (Wildman–Crippen MR) is 51.8 cm³/mol. The van der Waals surface area contributed by atoms with Crippen LogP contribution in [-0.4, -0.2) is 18.7 Å². The summed E-state index contributed by atoms with van der Waals surface area (Å²) in [5.41, 5.74) is 0.566. The summed E-state index contributed by atoms with van der Waals surface area (Å²) in [6.07, 6.45) is 0.178. The molecular weight excluding hydrogens is 206 g/mol. The van der Waals surface area contributed by atoms with E-state index in [-0.39, 0.29) is 12.1 Å². The van der Waals surface area contributed by atoms with Gasteiger partial charge < -0.3 is 0 Å². The zero-order valence-corrected chi connectivity index (χ0v) is 7.90. The molecule has 0 saturated carbocycles. The molecule has 6 heteroatoms. The highest BCUT2D eigenvalue weighted by atomic mass is 32.2. The molecule has 0 atom stereocenters. The molecule has 5 nitrogen and oxygen atoms in total. The molecule has 0 saturated heterocycles. The lowest BCUT2D eigenvalue weighted by molar-refractivity contribution is -0.384. The molecule has 0 radical (unpaired) electrons. The van der Waals surface area contributed by atoms with Crippen molar-refractivity contribution in [2.45, 2.75) is 6.42 Å². The second-order valence-electron chi connectivity index (χ2n) is 2.56. The maximum Gasteiger partial charge on any atom is 0.269 e. The van der Waals surface area contributed by atoms with E-state index in [0.717, 1.165) is 5.37 Å². The Morgan fingerprint density at radius 1 is 1.43 bits per heavy atom. The first kappa shape index (κ1) is 10.4. The molecule has 0 bridgehead atoms. The molecule has 0 amide bonds. The molecule has 0 aromatic heterocycles. The first-order valence-electron chi connectivity index (χ1n) is 3.74. The fourth-order valence-corrected chi connectivity index (χ4v) is 1.29. The van der Waals surface area contributed by atoms with E-state index in [2.05, 4.69) is 0 Å². The van der Waals surface area contributed by atoms with Gasteiger partial charge in [-0.15, -0.1) is 0 Å². The number of hydrogen-bond acceptors (Lipinski definition) is 4. The zero-order chi connectivity index (χ0) is 10.6. The van der Waals surface area contributed by atoms with E-state index in [1.54, 1.807) is 6.07 Å². The summed E-state index contributed by atoms with van der Waals surface area (Å²) < 4.78 is 20.4. The Labute approximate surface area is 81.7 Å². The number of benzene rings is 1. The van der Waals surface area contributed by atoms with E-state index in [0.29, 0.717) is 5.56 Å². The Kier molecular flexibility index (Phi) is 3.35. The molecule has 1 aromatic rings. The van der Waals surface area contributed by atoms with E-state index < -0.39 is 15.2 Å². The summed E-state index contributed by atoms with van der Waals surface area (Å²) in [5, 5.41) is 11.4. The van der Waals surface area contributed by atoms with Crippen LogP contribution >= 0.6 is 0 Å². The second kappa shape index (κ2) is 4.52. The molecule has 0 aliphatic carbocycles. The Hall–Kier alpha value is -1.69. The van der Waals surface area contributed by atoms with Crippen LogP contribution < -0.4 is 0 Å². The molecule has 74 valence electrons. The largest absolute Gasteiger partial charge is 0.269 e. The van der Waals surface area contributed by atoms with Gasteiger partial charge in [-0.1, -0.05) is 12.1 Å². The Balaban J connectivity index is 2.94. The van der Waals surface area contributed by atoms with Crippen LogP contribution in [0.2, 0.25) is 0 Å². The minimum Gasteiger partial charge on any atom is -0.258 e. The smallest absolute Gasteiger partial charge is 0.258 e. The Morgan fingerprint density at radius 2 is 2.14 bits per heavy atom. The second-order valence-corrected chi connectivity index (χ2v) is 3.41. The van der Waals surface area contributed by atoms with Gasteiger partial charge in [0.25, 0.3) is 5.69 Å². The fourth-order valence-electron chi connectivity index (χ4n) is 0.961. The third-order valence-corrected chi connectivity index (χ3v) is 2.02. The van der Waals surface area contributed by atoms with Crippen LogP contribution in [0.5, 0.6) is 0 Å². The maximum absolute atomic E-state index is 10.4. The van der Waals surface area contributed by atoms with Crippen LogP contribution in [0.3, 0.4) is 0 Å². The molecule has 1 aromatic carbocycles. The van der Waals surface area contributed by atoms with E-state index in [4.69, 9.17) is 0 Å². The minimum atomic E-state index is -2.23. The molecule has 14 heavy (non-hydrogen) atoms. The molecule has 0 heterocycles. The maximum atomic E-state index is 10.4. The van der Waals surface area contributed by atoms with Gasteiger partial charge in [0.05, 0.1) is 4.92 Å². The van der Waals surface area contributed by atoms with Gasteiger partial charge in [0, 0.05) is 23.9 Å². The average molecular weight is 213 g/mol. The predicted octanol–water partition coefficient (Wildman–Crippen LogP) is 0.819. The molecule has 0 unspecified atom stereocenters. The van der Waals surface area contributed by atoms with Crippen LogP contribution in [0.15, 0.2) is 24.3 Å². The van der Waals surface area contributed by atoms with Gasteiger partial charge in [0.2, 0.25) is 10.3 Å². The molecule has 0 aliphatic heterocycles. The van der Waals surface area contributed by atoms with Crippen LogP contribution in [0.25, 0.3) is 0 Å². The van der Waals surface area contributed by atoms with Gasteiger partial charge in [0.1, 0.15) is 0 Å². The SMILES string of the molecule is O=[N+]([O-])c1cccc(CC=S(=O)=O)c1. The van der Waals surface area contributed by atoms with E-state index >= 15 is 0 Å². The Morgan fingerprint density at radius 3 is 2.71 bits per heavy atom. The lowest BCUT2D eigenvalue weighted by atomic mass is 10.1. The van der Waals surface area contributed by atoms with Crippen molar-refractivity contribution >= 4 is 21.3 Å². The number of nitro groups is 1. The third-order valence-electron chi connectivity index (χ3n) is 1.58. The summed E-state index contributed by atoms with van der Waals surface area (Å²) in [4.78, 5) is 9.85. The average Bonchev–Trinajstić information content (AvgIpc) is 2.15. The summed E-state index contributed by atoms with van der Waals surface area (Å²) in [7, 11) is -2.23.